The molecule has 0 unspecified atom stereocenters. The second-order valence-electron chi connectivity index (χ2n) is 6.75. The lowest BCUT2D eigenvalue weighted by Crippen LogP contribution is -2.37. The number of rotatable bonds is 6. The van der Waals surface area contributed by atoms with Gasteiger partial charge < -0.3 is 9.64 Å². The Labute approximate surface area is 173 Å². The van der Waals surface area contributed by atoms with E-state index in [9.17, 15) is 19.2 Å². The average molecular weight is 405 g/mol. The number of benzene rings is 2. The highest BCUT2D eigenvalue weighted by molar-refractivity contribution is 6.34. The second kappa shape index (κ2) is 8.57. The largest absolute Gasteiger partial charge is 0.449 e. The van der Waals surface area contributed by atoms with Gasteiger partial charge in [-0.15, -0.1) is 0 Å². The van der Waals surface area contributed by atoms with E-state index in [1.54, 1.807) is 24.3 Å². The van der Waals surface area contributed by atoms with E-state index in [0.717, 1.165) is 4.90 Å². The number of nitriles is 1. The number of imide groups is 1. The standard InChI is InChI=1S/C22H19N3O5/c1-14(19(26)24(2)13-5-12-23)30-22(29)15-8-10-16(11-9-15)25-20(27)17-6-3-4-7-18(17)21(25)28/h3-4,6-11,14H,5,13H2,1-2H3/t14-/m0/s1. The molecule has 2 aromatic rings. The van der Waals surface area contributed by atoms with Crippen LogP contribution in [0.3, 0.4) is 0 Å². The number of likely N-dealkylation sites (N-methyl/N-ethyl adjacent to an activating group) is 1. The molecule has 8 heteroatoms. The Morgan fingerprint density at radius 1 is 1.07 bits per heavy atom. The minimum absolute atomic E-state index is 0.176. The summed E-state index contributed by atoms with van der Waals surface area (Å²) in [5, 5.41) is 8.60. The molecule has 3 amide bonds. The van der Waals surface area contributed by atoms with Crippen LogP contribution < -0.4 is 4.90 Å². The molecule has 0 saturated carbocycles. The minimum Gasteiger partial charge on any atom is -0.449 e. The molecule has 0 radical (unpaired) electrons. The zero-order chi connectivity index (χ0) is 21.8. The van der Waals surface area contributed by atoms with Crippen LogP contribution in [0.5, 0.6) is 0 Å². The van der Waals surface area contributed by atoms with Crippen LogP contribution in [0.15, 0.2) is 48.5 Å². The quantitative estimate of drug-likeness (QED) is 0.539. The van der Waals surface area contributed by atoms with E-state index in [2.05, 4.69) is 0 Å². The van der Waals surface area contributed by atoms with E-state index in [4.69, 9.17) is 10.00 Å². The molecule has 30 heavy (non-hydrogen) atoms. The summed E-state index contributed by atoms with van der Waals surface area (Å²) in [7, 11) is 1.53. The SMILES string of the molecule is C[C@H](OC(=O)c1ccc(N2C(=O)c3ccccc3C2=O)cc1)C(=O)N(C)CCC#N. The molecular formula is C22H19N3O5. The summed E-state index contributed by atoms with van der Waals surface area (Å²) in [6, 6.07) is 14.3. The summed E-state index contributed by atoms with van der Waals surface area (Å²) in [6.07, 6.45) is -0.834. The molecule has 0 spiro atoms. The van der Waals surface area contributed by atoms with Gasteiger partial charge in [0.25, 0.3) is 17.7 Å². The predicted octanol–water partition coefficient (Wildman–Crippen LogP) is 2.40. The van der Waals surface area contributed by atoms with Crippen molar-refractivity contribution >= 4 is 29.4 Å². The van der Waals surface area contributed by atoms with Gasteiger partial charge in [-0.1, -0.05) is 12.1 Å². The first-order valence-electron chi connectivity index (χ1n) is 9.26. The Morgan fingerprint density at radius 2 is 1.63 bits per heavy atom. The average Bonchev–Trinajstić information content (AvgIpc) is 3.01. The van der Waals surface area contributed by atoms with Gasteiger partial charge in [-0.25, -0.2) is 9.69 Å². The highest BCUT2D eigenvalue weighted by Gasteiger charge is 2.36. The van der Waals surface area contributed by atoms with Gasteiger partial charge in [-0.2, -0.15) is 5.26 Å². The number of ether oxygens (including phenoxy) is 1. The Balaban J connectivity index is 1.68. The van der Waals surface area contributed by atoms with Crippen LogP contribution in [-0.4, -0.2) is 48.3 Å². The first kappa shape index (κ1) is 20.7. The van der Waals surface area contributed by atoms with Gasteiger partial charge in [0.2, 0.25) is 0 Å². The minimum atomic E-state index is -1.02. The Morgan fingerprint density at radius 3 is 2.17 bits per heavy atom. The van der Waals surface area contributed by atoms with Crippen LogP contribution in [0.25, 0.3) is 0 Å². The summed E-state index contributed by atoms with van der Waals surface area (Å²) >= 11 is 0. The van der Waals surface area contributed by atoms with E-state index in [-0.39, 0.29) is 18.5 Å². The van der Waals surface area contributed by atoms with Crippen molar-refractivity contribution in [1.29, 1.82) is 5.26 Å². The fourth-order valence-corrected chi connectivity index (χ4v) is 3.09. The molecule has 0 aromatic heterocycles. The topological polar surface area (TPSA) is 108 Å². The van der Waals surface area contributed by atoms with Crippen LogP contribution in [-0.2, 0) is 9.53 Å². The maximum absolute atomic E-state index is 12.5. The number of nitrogens with zero attached hydrogens (tertiary/aromatic N) is 3. The van der Waals surface area contributed by atoms with Crippen molar-refractivity contribution in [1.82, 2.24) is 4.90 Å². The molecule has 0 fully saturated rings. The second-order valence-corrected chi connectivity index (χ2v) is 6.75. The van der Waals surface area contributed by atoms with Gasteiger partial charge >= 0.3 is 5.97 Å². The molecule has 3 rings (SSSR count). The van der Waals surface area contributed by atoms with E-state index in [0.29, 0.717) is 16.8 Å². The molecule has 1 aliphatic heterocycles. The number of anilines is 1. The number of esters is 1. The molecule has 0 saturated heterocycles. The normalized spacial score (nSPS) is 13.4. The van der Waals surface area contributed by atoms with Crippen molar-refractivity contribution in [2.45, 2.75) is 19.4 Å². The fraction of sp³-hybridized carbons (Fsp3) is 0.227. The van der Waals surface area contributed by atoms with Gasteiger partial charge in [-0.05, 0) is 43.3 Å². The van der Waals surface area contributed by atoms with Gasteiger partial charge in [-0.3, -0.25) is 14.4 Å². The third-order valence-electron chi connectivity index (χ3n) is 4.72. The zero-order valence-corrected chi connectivity index (χ0v) is 16.5. The molecule has 152 valence electrons. The number of carbonyl (C=O) groups excluding carboxylic acids is 4. The number of amides is 3. The molecule has 1 atom stereocenters. The van der Waals surface area contributed by atoms with Crippen LogP contribution in [0, 0.1) is 11.3 Å². The van der Waals surface area contributed by atoms with Crippen molar-refractivity contribution in [3.8, 4) is 6.07 Å². The Kier molecular flexibility index (Phi) is 5.93. The number of carbonyl (C=O) groups is 4. The van der Waals surface area contributed by atoms with Crippen molar-refractivity contribution in [2.24, 2.45) is 0 Å². The third-order valence-corrected chi connectivity index (χ3v) is 4.72. The Hall–Kier alpha value is -3.99. The van der Waals surface area contributed by atoms with Crippen molar-refractivity contribution < 1.29 is 23.9 Å². The lowest BCUT2D eigenvalue weighted by atomic mass is 10.1. The summed E-state index contributed by atoms with van der Waals surface area (Å²) in [4.78, 5) is 52.0. The summed E-state index contributed by atoms with van der Waals surface area (Å²) in [5.74, 6) is -1.98. The fourth-order valence-electron chi connectivity index (χ4n) is 3.09. The van der Waals surface area contributed by atoms with Crippen LogP contribution in [0.2, 0.25) is 0 Å². The predicted molar refractivity (Wildman–Crippen MR) is 107 cm³/mol. The van der Waals surface area contributed by atoms with E-state index >= 15 is 0 Å². The smallest absolute Gasteiger partial charge is 0.338 e. The Bertz CT molecular complexity index is 1020. The molecule has 1 aliphatic rings. The van der Waals surface area contributed by atoms with Gasteiger partial charge in [0, 0.05) is 13.6 Å². The molecule has 2 aromatic carbocycles. The molecule has 0 aliphatic carbocycles. The summed E-state index contributed by atoms with van der Waals surface area (Å²) in [6.45, 7) is 1.70. The van der Waals surface area contributed by atoms with Gasteiger partial charge in [0.15, 0.2) is 6.10 Å². The zero-order valence-electron chi connectivity index (χ0n) is 16.5. The first-order chi connectivity index (χ1) is 14.3. The van der Waals surface area contributed by atoms with E-state index in [1.165, 1.54) is 43.1 Å². The van der Waals surface area contributed by atoms with Gasteiger partial charge in [0.05, 0.1) is 34.9 Å². The van der Waals surface area contributed by atoms with E-state index < -0.39 is 29.8 Å². The lowest BCUT2D eigenvalue weighted by molar-refractivity contribution is -0.138. The van der Waals surface area contributed by atoms with Gasteiger partial charge in [0.1, 0.15) is 0 Å². The molecule has 0 bridgehead atoms. The third kappa shape index (κ3) is 3.91. The summed E-state index contributed by atoms with van der Waals surface area (Å²) < 4.78 is 5.20. The highest BCUT2D eigenvalue weighted by Crippen LogP contribution is 2.28. The number of hydrogen-bond donors (Lipinski definition) is 0. The first-order valence-corrected chi connectivity index (χ1v) is 9.26. The van der Waals surface area contributed by atoms with Crippen molar-refractivity contribution in [3.05, 3.63) is 65.2 Å². The summed E-state index contributed by atoms with van der Waals surface area (Å²) in [5.41, 5.74) is 1.17. The lowest BCUT2D eigenvalue weighted by Gasteiger charge is -2.20. The van der Waals surface area contributed by atoms with Crippen molar-refractivity contribution in [3.63, 3.8) is 0 Å². The number of fused-ring (bicyclic) bond motifs is 1. The number of hydrogen-bond acceptors (Lipinski definition) is 6. The van der Waals surface area contributed by atoms with E-state index in [1.807, 2.05) is 6.07 Å². The molecule has 1 heterocycles. The van der Waals surface area contributed by atoms with Crippen LogP contribution >= 0.6 is 0 Å². The maximum Gasteiger partial charge on any atom is 0.338 e. The molecule has 0 N–H and O–H groups in total. The monoisotopic (exact) mass is 405 g/mol. The van der Waals surface area contributed by atoms with Crippen LogP contribution in [0.1, 0.15) is 44.4 Å². The molecule has 8 nitrogen and oxygen atoms in total. The maximum atomic E-state index is 12.5. The van der Waals surface area contributed by atoms with Crippen molar-refractivity contribution in [2.75, 3.05) is 18.5 Å². The molecular weight excluding hydrogens is 386 g/mol. The van der Waals surface area contributed by atoms with Crippen LogP contribution in [0.4, 0.5) is 5.69 Å². The highest BCUT2D eigenvalue weighted by atomic mass is 16.5.